The van der Waals surface area contributed by atoms with Crippen molar-refractivity contribution in [3.63, 3.8) is 0 Å². The lowest BCUT2D eigenvalue weighted by Crippen LogP contribution is -2.21. The fourth-order valence-electron chi connectivity index (χ4n) is 3.98. The summed E-state index contributed by atoms with van der Waals surface area (Å²) in [5.41, 5.74) is 5.86. The molecular weight excluding hydrogens is 240 g/mol. The van der Waals surface area contributed by atoms with Crippen LogP contribution in [0.4, 0.5) is 0 Å². The highest BCUT2D eigenvalue weighted by molar-refractivity contribution is 5.83. The SMILES string of the molecule is C1=C(c2ccccc2)c2ccccc2[C@H]2CCCC[C@H]12. The second-order valence-electron chi connectivity index (χ2n) is 6.09. The molecule has 0 bridgehead atoms. The Morgan fingerprint density at radius 3 is 2.40 bits per heavy atom. The van der Waals surface area contributed by atoms with Crippen LogP contribution < -0.4 is 0 Å². The van der Waals surface area contributed by atoms with Gasteiger partial charge in [0.25, 0.3) is 0 Å². The zero-order chi connectivity index (χ0) is 13.4. The van der Waals surface area contributed by atoms with E-state index < -0.39 is 0 Å². The van der Waals surface area contributed by atoms with E-state index >= 15 is 0 Å². The molecular formula is C20H20. The van der Waals surface area contributed by atoms with Crippen LogP contribution >= 0.6 is 0 Å². The molecule has 0 aliphatic heterocycles. The van der Waals surface area contributed by atoms with Crippen molar-refractivity contribution < 1.29 is 0 Å². The van der Waals surface area contributed by atoms with Crippen molar-refractivity contribution in [2.75, 3.05) is 0 Å². The Balaban J connectivity index is 1.88. The third-order valence-corrected chi connectivity index (χ3v) is 4.94. The number of fused-ring (bicyclic) bond motifs is 3. The fraction of sp³-hybridized carbons (Fsp3) is 0.300. The van der Waals surface area contributed by atoms with Gasteiger partial charge in [0, 0.05) is 0 Å². The van der Waals surface area contributed by atoms with E-state index in [1.165, 1.54) is 42.4 Å². The fourth-order valence-corrected chi connectivity index (χ4v) is 3.98. The van der Waals surface area contributed by atoms with Gasteiger partial charge < -0.3 is 0 Å². The van der Waals surface area contributed by atoms with Crippen LogP contribution in [-0.2, 0) is 0 Å². The number of hydrogen-bond donors (Lipinski definition) is 0. The number of benzene rings is 2. The van der Waals surface area contributed by atoms with Crippen molar-refractivity contribution >= 4 is 5.57 Å². The minimum absolute atomic E-state index is 0.744. The Hall–Kier alpha value is -1.82. The van der Waals surface area contributed by atoms with Gasteiger partial charge >= 0.3 is 0 Å². The Bertz CT molecular complexity index is 636. The molecule has 0 heteroatoms. The van der Waals surface area contributed by atoms with Crippen LogP contribution in [0.25, 0.3) is 5.57 Å². The van der Waals surface area contributed by atoms with Gasteiger partial charge in [0.05, 0.1) is 0 Å². The quantitative estimate of drug-likeness (QED) is 0.643. The second-order valence-corrected chi connectivity index (χ2v) is 6.09. The topological polar surface area (TPSA) is 0 Å². The number of hydrogen-bond acceptors (Lipinski definition) is 0. The second kappa shape index (κ2) is 4.94. The van der Waals surface area contributed by atoms with Gasteiger partial charge in [-0.1, -0.05) is 73.5 Å². The van der Waals surface area contributed by atoms with Crippen LogP contribution in [0.2, 0.25) is 0 Å². The highest BCUT2D eigenvalue weighted by Crippen LogP contribution is 2.47. The summed E-state index contributed by atoms with van der Waals surface area (Å²) in [6, 6.07) is 19.9. The molecule has 20 heavy (non-hydrogen) atoms. The molecule has 2 aliphatic rings. The Labute approximate surface area is 121 Å². The number of rotatable bonds is 1. The summed E-state index contributed by atoms with van der Waals surface area (Å²) in [6.07, 6.45) is 8.06. The van der Waals surface area contributed by atoms with E-state index in [1.807, 2.05) is 0 Å². The van der Waals surface area contributed by atoms with Crippen LogP contribution in [0.5, 0.6) is 0 Å². The van der Waals surface area contributed by atoms with E-state index in [1.54, 1.807) is 5.56 Å². The standard InChI is InChI=1S/C20H20/c1-2-8-15(9-3-1)20-14-16-10-4-5-11-17(16)18-12-6-7-13-19(18)20/h1-3,6-9,12-14,16-17H,4-5,10-11H2/t16-,17+/m1/s1. The molecule has 0 radical (unpaired) electrons. The van der Waals surface area contributed by atoms with E-state index in [2.05, 4.69) is 60.7 Å². The van der Waals surface area contributed by atoms with Crippen LogP contribution in [0.3, 0.4) is 0 Å². The van der Waals surface area contributed by atoms with E-state index in [0.29, 0.717) is 0 Å². The molecule has 0 spiro atoms. The molecule has 0 nitrogen and oxygen atoms in total. The molecule has 0 saturated heterocycles. The Kier molecular flexibility index (Phi) is 2.95. The van der Waals surface area contributed by atoms with Crippen molar-refractivity contribution in [1.82, 2.24) is 0 Å². The van der Waals surface area contributed by atoms with Crippen molar-refractivity contribution in [1.29, 1.82) is 0 Å². The van der Waals surface area contributed by atoms with E-state index in [-0.39, 0.29) is 0 Å². The monoisotopic (exact) mass is 260 g/mol. The van der Waals surface area contributed by atoms with Gasteiger partial charge in [-0.05, 0) is 46.9 Å². The maximum Gasteiger partial charge on any atom is -0.00925 e. The molecule has 1 fully saturated rings. The van der Waals surface area contributed by atoms with E-state index in [0.717, 1.165) is 11.8 Å². The van der Waals surface area contributed by atoms with Crippen LogP contribution in [0.15, 0.2) is 60.7 Å². The highest BCUT2D eigenvalue weighted by Gasteiger charge is 2.31. The summed E-state index contributed by atoms with van der Waals surface area (Å²) < 4.78 is 0. The zero-order valence-corrected chi connectivity index (χ0v) is 11.8. The Morgan fingerprint density at radius 1 is 0.750 bits per heavy atom. The maximum atomic E-state index is 2.56. The molecule has 1 saturated carbocycles. The van der Waals surface area contributed by atoms with Crippen LogP contribution in [-0.4, -0.2) is 0 Å². The number of allylic oxidation sites excluding steroid dienone is 1. The first-order valence-electron chi connectivity index (χ1n) is 7.80. The predicted octanol–water partition coefficient (Wildman–Crippen LogP) is 5.41. The lowest BCUT2D eigenvalue weighted by molar-refractivity contribution is 0.359. The first kappa shape index (κ1) is 12.0. The molecule has 0 amide bonds. The minimum Gasteiger partial charge on any atom is -0.0723 e. The lowest BCUT2D eigenvalue weighted by atomic mass is 9.68. The highest BCUT2D eigenvalue weighted by atomic mass is 14.4. The third-order valence-electron chi connectivity index (χ3n) is 4.94. The normalized spacial score (nSPS) is 24.5. The first-order valence-corrected chi connectivity index (χ1v) is 7.80. The van der Waals surface area contributed by atoms with Crippen molar-refractivity contribution in [3.8, 4) is 0 Å². The van der Waals surface area contributed by atoms with Gasteiger partial charge in [0.1, 0.15) is 0 Å². The van der Waals surface area contributed by atoms with Crippen LogP contribution in [0.1, 0.15) is 48.3 Å². The molecule has 100 valence electrons. The van der Waals surface area contributed by atoms with Crippen molar-refractivity contribution in [2.24, 2.45) is 5.92 Å². The molecule has 2 aromatic rings. The molecule has 0 unspecified atom stereocenters. The first-order chi connectivity index (χ1) is 9.93. The molecule has 0 heterocycles. The van der Waals surface area contributed by atoms with Gasteiger partial charge in [0.2, 0.25) is 0 Å². The molecule has 2 aromatic carbocycles. The van der Waals surface area contributed by atoms with Gasteiger partial charge in [-0.3, -0.25) is 0 Å². The average Bonchev–Trinajstić information content (AvgIpc) is 2.55. The summed E-state index contributed by atoms with van der Waals surface area (Å²) in [6.45, 7) is 0. The smallest absolute Gasteiger partial charge is 0.00925 e. The van der Waals surface area contributed by atoms with Gasteiger partial charge in [-0.15, -0.1) is 0 Å². The van der Waals surface area contributed by atoms with Gasteiger partial charge in [0.15, 0.2) is 0 Å². The van der Waals surface area contributed by atoms with Gasteiger partial charge in [-0.2, -0.15) is 0 Å². The van der Waals surface area contributed by atoms with E-state index in [9.17, 15) is 0 Å². The van der Waals surface area contributed by atoms with Crippen LogP contribution in [0, 0.1) is 5.92 Å². The average molecular weight is 260 g/mol. The molecule has 0 N–H and O–H groups in total. The zero-order valence-electron chi connectivity index (χ0n) is 11.8. The minimum atomic E-state index is 0.744. The molecule has 0 aromatic heterocycles. The largest absolute Gasteiger partial charge is 0.0723 e. The summed E-state index contributed by atoms with van der Waals surface area (Å²) in [5.74, 6) is 1.50. The molecule has 2 aliphatic carbocycles. The maximum absolute atomic E-state index is 2.56. The third kappa shape index (κ3) is 1.91. The van der Waals surface area contributed by atoms with Crippen molar-refractivity contribution in [2.45, 2.75) is 31.6 Å². The molecule has 2 atom stereocenters. The molecule has 4 rings (SSSR count). The summed E-state index contributed by atoms with van der Waals surface area (Å²) in [5, 5.41) is 0. The summed E-state index contributed by atoms with van der Waals surface area (Å²) in [4.78, 5) is 0. The van der Waals surface area contributed by atoms with Crippen molar-refractivity contribution in [3.05, 3.63) is 77.4 Å². The van der Waals surface area contributed by atoms with E-state index in [4.69, 9.17) is 0 Å². The van der Waals surface area contributed by atoms with Gasteiger partial charge in [-0.25, -0.2) is 0 Å². The Morgan fingerprint density at radius 2 is 1.50 bits per heavy atom. The lowest BCUT2D eigenvalue weighted by Gasteiger charge is -2.36. The summed E-state index contributed by atoms with van der Waals surface area (Å²) >= 11 is 0. The summed E-state index contributed by atoms with van der Waals surface area (Å²) in [7, 11) is 0. The predicted molar refractivity (Wildman–Crippen MR) is 84.7 cm³/mol.